The molecule has 1 aromatic heterocycles. The molecule has 2 heterocycles. The van der Waals surface area contributed by atoms with Gasteiger partial charge in [-0.15, -0.1) is 0 Å². The lowest BCUT2D eigenvalue weighted by molar-refractivity contribution is 0.112. The van der Waals surface area contributed by atoms with Crippen LogP contribution >= 0.6 is 0 Å². The second kappa shape index (κ2) is 8.15. The van der Waals surface area contributed by atoms with Gasteiger partial charge in [0.2, 0.25) is 11.7 Å². The van der Waals surface area contributed by atoms with Gasteiger partial charge in [0.15, 0.2) is 0 Å². The molecule has 1 saturated heterocycles. The van der Waals surface area contributed by atoms with E-state index in [9.17, 15) is 0 Å². The Hall–Kier alpha value is -3.02. The molecule has 1 aliphatic rings. The molecule has 0 bridgehead atoms. The van der Waals surface area contributed by atoms with Crippen molar-refractivity contribution in [3.63, 3.8) is 0 Å². The number of nitrogens with zero attached hydrogens (tertiary/aromatic N) is 4. The van der Waals surface area contributed by atoms with Crippen molar-refractivity contribution in [3.8, 4) is 11.4 Å². The number of hydrogen-bond acceptors (Lipinski definition) is 5. The van der Waals surface area contributed by atoms with Gasteiger partial charge in [0.25, 0.3) is 0 Å². The second-order valence-electron chi connectivity index (χ2n) is 7.57. The van der Waals surface area contributed by atoms with E-state index in [1.165, 1.54) is 16.3 Å². The maximum Gasteiger partial charge on any atom is 0.241 e. The zero-order valence-corrected chi connectivity index (χ0v) is 16.4. The average Bonchev–Trinajstić information content (AvgIpc) is 3.25. The van der Waals surface area contributed by atoms with Crippen LogP contribution in [0.3, 0.4) is 0 Å². The minimum Gasteiger partial charge on any atom is -0.338 e. The minimum absolute atomic E-state index is 0.662. The van der Waals surface area contributed by atoms with Gasteiger partial charge in [-0.1, -0.05) is 78.0 Å². The van der Waals surface area contributed by atoms with Crippen LogP contribution in [-0.4, -0.2) is 46.1 Å². The molecule has 146 valence electrons. The van der Waals surface area contributed by atoms with Gasteiger partial charge in [0.05, 0.1) is 6.54 Å². The summed E-state index contributed by atoms with van der Waals surface area (Å²) in [6.07, 6.45) is 0. The van der Waals surface area contributed by atoms with E-state index in [-0.39, 0.29) is 0 Å². The van der Waals surface area contributed by atoms with Crippen LogP contribution in [-0.2, 0) is 13.1 Å². The van der Waals surface area contributed by atoms with Crippen molar-refractivity contribution in [2.24, 2.45) is 0 Å². The van der Waals surface area contributed by atoms with Crippen molar-refractivity contribution in [3.05, 3.63) is 84.3 Å². The summed E-state index contributed by atoms with van der Waals surface area (Å²) in [7, 11) is 0. The third kappa shape index (κ3) is 4.06. The Kier molecular flexibility index (Phi) is 5.07. The third-order valence-electron chi connectivity index (χ3n) is 5.60. The highest BCUT2D eigenvalue weighted by Gasteiger charge is 2.20. The van der Waals surface area contributed by atoms with E-state index in [1.54, 1.807) is 0 Å². The van der Waals surface area contributed by atoms with Gasteiger partial charge in [-0.25, -0.2) is 0 Å². The SMILES string of the molecule is c1ccc(-c2noc(CN3CCN(Cc4cccc5ccccc45)CC3)n2)cc1. The van der Waals surface area contributed by atoms with Gasteiger partial charge >= 0.3 is 0 Å². The zero-order valence-electron chi connectivity index (χ0n) is 16.4. The molecule has 1 fully saturated rings. The lowest BCUT2D eigenvalue weighted by Gasteiger charge is -2.34. The topological polar surface area (TPSA) is 45.4 Å². The monoisotopic (exact) mass is 384 g/mol. The largest absolute Gasteiger partial charge is 0.338 e. The van der Waals surface area contributed by atoms with Gasteiger partial charge in [0.1, 0.15) is 0 Å². The molecule has 1 aliphatic heterocycles. The van der Waals surface area contributed by atoms with E-state index in [1.807, 2.05) is 30.3 Å². The molecule has 3 aromatic carbocycles. The molecule has 0 atom stereocenters. The van der Waals surface area contributed by atoms with E-state index >= 15 is 0 Å². The highest BCUT2D eigenvalue weighted by atomic mass is 16.5. The van der Waals surface area contributed by atoms with Crippen LogP contribution in [0.1, 0.15) is 11.5 Å². The maximum atomic E-state index is 5.48. The number of benzene rings is 3. The van der Waals surface area contributed by atoms with Gasteiger partial charge in [0, 0.05) is 38.3 Å². The number of piperazine rings is 1. The van der Waals surface area contributed by atoms with Crippen molar-refractivity contribution in [2.45, 2.75) is 13.1 Å². The van der Waals surface area contributed by atoms with E-state index in [0.29, 0.717) is 18.3 Å². The summed E-state index contributed by atoms with van der Waals surface area (Å²) in [5.41, 5.74) is 2.39. The molecule has 5 nitrogen and oxygen atoms in total. The van der Waals surface area contributed by atoms with Gasteiger partial charge < -0.3 is 4.52 Å². The summed E-state index contributed by atoms with van der Waals surface area (Å²) in [6, 6.07) is 25.2. The predicted molar refractivity (Wildman–Crippen MR) is 114 cm³/mol. The van der Waals surface area contributed by atoms with Crippen LogP contribution in [0.2, 0.25) is 0 Å². The quantitative estimate of drug-likeness (QED) is 0.516. The lowest BCUT2D eigenvalue weighted by Crippen LogP contribution is -2.45. The van der Waals surface area contributed by atoms with Gasteiger partial charge in [-0.3, -0.25) is 9.80 Å². The molecule has 0 amide bonds. The predicted octanol–water partition coefficient (Wildman–Crippen LogP) is 4.21. The first kappa shape index (κ1) is 18.0. The first-order valence-corrected chi connectivity index (χ1v) is 10.1. The van der Waals surface area contributed by atoms with E-state index in [2.05, 4.69) is 62.4 Å². The molecule has 5 rings (SSSR count). The summed E-state index contributed by atoms with van der Waals surface area (Å²) in [4.78, 5) is 9.48. The standard InChI is InChI=1S/C24H24N4O/c1-2-8-20(9-3-1)24-25-23(29-26-24)18-28-15-13-27(14-16-28)17-21-11-6-10-19-7-4-5-12-22(19)21/h1-12H,13-18H2. The Balaban J connectivity index is 1.18. The lowest BCUT2D eigenvalue weighted by atomic mass is 10.0. The Bertz CT molecular complexity index is 1080. The maximum absolute atomic E-state index is 5.48. The molecule has 5 heteroatoms. The fraction of sp³-hybridized carbons (Fsp3) is 0.250. The zero-order chi connectivity index (χ0) is 19.5. The number of rotatable bonds is 5. The second-order valence-corrected chi connectivity index (χ2v) is 7.57. The molecule has 0 aliphatic carbocycles. The van der Waals surface area contributed by atoms with E-state index in [0.717, 1.165) is 38.3 Å². The normalized spacial score (nSPS) is 15.7. The van der Waals surface area contributed by atoms with Crippen LogP contribution in [0.4, 0.5) is 0 Å². The highest BCUT2D eigenvalue weighted by molar-refractivity contribution is 5.85. The van der Waals surface area contributed by atoms with Crippen LogP contribution in [0.25, 0.3) is 22.2 Å². The van der Waals surface area contributed by atoms with Crippen molar-refractivity contribution in [2.75, 3.05) is 26.2 Å². The molecule has 0 spiro atoms. The average molecular weight is 384 g/mol. The van der Waals surface area contributed by atoms with Crippen LogP contribution < -0.4 is 0 Å². The molecule has 0 unspecified atom stereocenters. The molecule has 0 saturated carbocycles. The van der Waals surface area contributed by atoms with Crippen molar-refractivity contribution >= 4 is 10.8 Å². The Labute approximate surface area is 170 Å². The van der Waals surface area contributed by atoms with Crippen LogP contribution in [0.15, 0.2) is 77.3 Å². The first-order valence-electron chi connectivity index (χ1n) is 10.1. The van der Waals surface area contributed by atoms with E-state index in [4.69, 9.17) is 4.52 Å². The number of hydrogen-bond donors (Lipinski definition) is 0. The summed E-state index contributed by atoms with van der Waals surface area (Å²) in [6.45, 7) is 5.81. The number of fused-ring (bicyclic) bond motifs is 1. The third-order valence-corrected chi connectivity index (χ3v) is 5.60. The number of aromatic nitrogens is 2. The first-order chi connectivity index (χ1) is 14.3. The molecule has 0 radical (unpaired) electrons. The minimum atomic E-state index is 0.662. The molecular weight excluding hydrogens is 360 g/mol. The fourth-order valence-electron chi connectivity index (χ4n) is 3.99. The summed E-state index contributed by atoms with van der Waals surface area (Å²) in [5, 5.41) is 6.80. The van der Waals surface area contributed by atoms with Crippen LogP contribution in [0, 0.1) is 0 Å². The van der Waals surface area contributed by atoms with Crippen molar-refractivity contribution in [1.82, 2.24) is 19.9 Å². The molecule has 29 heavy (non-hydrogen) atoms. The van der Waals surface area contributed by atoms with Crippen molar-refractivity contribution < 1.29 is 4.52 Å². The Morgan fingerprint density at radius 1 is 0.724 bits per heavy atom. The van der Waals surface area contributed by atoms with Gasteiger partial charge in [-0.2, -0.15) is 4.98 Å². The highest BCUT2D eigenvalue weighted by Crippen LogP contribution is 2.21. The molecule has 0 N–H and O–H groups in total. The van der Waals surface area contributed by atoms with Crippen LogP contribution in [0.5, 0.6) is 0 Å². The summed E-state index contributed by atoms with van der Waals surface area (Å²) in [5.74, 6) is 1.35. The van der Waals surface area contributed by atoms with Crippen molar-refractivity contribution in [1.29, 1.82) is 0 Å². The molecular formula is C24H24N4O. The fourth-order valence-corrected chi connectivity index (χ4v) is 3.99. The van der Waals surface area contributed by atoms with Gasteiger partial charge in [-0.05, 0) is 16.3 Å². The summed E-state index contributed by atoms with van der Waals surface area (Å²) >= 11 is 0. The summed E-state index contributed by atoms with van der Waals surface area (Å²) < 4.78 is 5.48. The Morgan fingerprint density at radius 2 is 1.41 bits per heavy atom. The van der Waals surface area contributed by atoms with E-state index < -0.39 is 0 Å². The molecule has 4 aromatic rings. The Morgan fingerprint density at radius 3 is 2.24 bits per heavy atom. The smallest absolute Gasteiger partial charge is 0.241 e.